The van der Waals surface area contributed by atoms with E-state index in [1.165, 1.54) is 0 Å². The van der Waals surface area contributed by atoms with Crippen molar-refractivity contribution in [3.8, 4) is 0 Å². The first-order chi connectivity index (χ1) is 22.6. The molecule has 0 aromatic heterocycles. The Hall–Kier alpha value is -2.48. The molecule has 0 aliphatic carbocycles. The van der Waals surface area contributed by atoms with Gasteiger partial charge in [0, 0.05) is 48.8 Å². The van der Waals surface area contributed by atoms with E-state index in [-0.39, 0.29) is 47.5 Å². The number of nitrogens with one attached hydrogen (secondary N) is 5. The first-order valence-corrected chi connectivity index (χ1v) is 18.8. The minimum absolute atomic E-state index is 0.0703. The summed E-state index contributed by atoms with van der Waals surface area (Å²) in [6, 6.07) is 9.04. The highest BCUT2D eigenvalue weighted by atomic mass is 32.2. The Morgan fingerprint density at radius 1 is 0.957 bits per heavy atom. The zero-order valence-corrected chi connectivity index (χ0v) is 29.5. The number of carbonyl (C=O) groups is 4. The second-order valence-corrected chi connectivity index (χ2v) is 14.8. The molecule has 0 radical (unpaired) electrons. The summed E-state index contributed by atoms with van der Waals surface area (Å²) in [7, 11) is 0. The quantitative estimate of drug-likeness (QED) is 0.0400. The van der Waals surface area contributed by atoms with E-state index in [9.17, 15) is 29.4 Å². The van der Waals surface area contributed by atoms with E-state index >= 15 is 0 Å². The van der Waals surface area contributed by atoms with Crippen LogP contribution in [0.5, 0.6) is 0 Å². The van der Waals surface area contributed by atoms with Gasteiger partial charge < -0.3 is 36.8 Å². The number of carbonyl (C=O) groups excluding carboxylic acids is 4. The van der Waals surface area contributed by atoms with Crippen molar-refractivity contribution < 1.29 is 29.4 Å². The molecule has 264 valence electrons. The Balaban J connectivity index is 1.32. The predicted octanol–water partition coefficient (Wildman–Crippen LogP) is 2.75. The highest BCUT2D eigenvalue weighted by Crippen LogP contribution is 2.33. The standard InChI is InChI=1S/C34H55N5O6S2/c1-22(2)18-24(25(20-46)33(43)44)31(41)37-26(19-23-12-6-5-7-13-23)32(42)36-17-11-4-3-10-16-35-29(40)15-9-8-14-28-30-27(21-47-28)38-34(45)39-30/h5-7,12-13,22,24-28,30,33,43-44,46H,3-4,8-11,14-21H2,1-2H3,(H,35,40)(H,36,42)(H,37,41)(H2,38,39,45)/t24-,25+,26+,27?,28?,30?/m1/s1. The molecule has 2 fully saturated rings. The average molecular weight is 694 g/mol. The number of hydrogen-bond acceptors (Lipinski definition) is 8. The van der Waals surface area contributed by atoms with Crippen molar-refractivity contribution in [2.45, 2.75) is 108 Å². The number of hydrogen-bond donors (Lipinski definition) is 8. The molecule has 2 aliphatic heterocycles. The van der Waals surface area contributed by atoms with E-state index in [2.05, 4.69) is 39.2 Å². The second-order valence-electron chi connectivity index (χ2n) is 13.2. The van der Waals surface area contributed by atoms with Gasteiger partial charge in [0.1, 0.15) is 6.04 Å². The maximum atomic E-state index is 13.4. The van der Waals surface area contributed by atoms with Gasteiger partial charge >= 0.3 is 6.03 Å². The summed E-state index contributed by atoms with van der Waals surface area (Å²) in [5.41, 5.74) is 0.908. The number of aliphatic hydroxyl groups is 2. The molecule has 13 heteroatoms. The fourth-order valence-electron chi connectivity index (χ4n) is 6.28. The van der Waals surface area contributed by atoms with E-state index in [4.69, 9.17) is 0 Å². The number of benzene rings is 1. The van der Waals surface area contributed by atoms with Gasteiger partial charge in [-0.15, -0.1) is 0 Å². The van der Waals surface area contributed by atoms with Crippen molar-refractivity contribution in [2.24, 2.45) is 17.8 Å². The molecule has 6 atom stereocenters. The molecule has 7 N–H and O–H groups in total. The highest BCUT2D eigenvalue weighted by molar-refractivity contribution is 8.00. The highest BCUT2D eigenvalue weighted by Gasteiger charge is 2.42. The average Bonchev–Trinajstić information content (AvgIpc) is 3.59. The molecule has 0 saturated carbocycles. The first kappa shape index (κ1) is 39.0. The fraction of sp³-hybridized carbons (Fsp3) is 0.706. The van der Waals surface area contributed by atoms with Gasteiger partial charge in [-0.3, -0.25) is 14.4 Å². The van der Waals surface area contributed by atoms with Crippen LogP contribution in [0.4, 0.5) is 4.79 Å². The third-order valence-electron chi connectivity index (χ3n) is 8.89. The van der Waals surface area contributed by atoms with Gasteiger partial charge in [0.2, 0.25) is 17.7 Å². The molecule has 47 heavy (non-hydrogen) atoms. The summed E-state index contributed by atoms with van der Waals surface area (Å²) in [6.07, 6.45) is 5.84. The minimum Gasteiger partial charge on any atom is -0.368 e. The molecule has 2 aliphatic rings. The summed E-state index contributed by atoms with van der Waals surface area (Å²) in [5, 5.41) is 35.0. The molecule has 1 aromatic carbocycles. The first-order valence-electron chi connectivity index (χ1n) is 17.1. The lowest BCUT2D eigenvalue weighted by atomic mass is 9.84. The van der Waals surface area contributed by atoms with E-state index in [1.54, 1.807) is 0 Å². The number of thiol groups is 1. The zero-order chi connectivity index (χ0) is 34.2. The summed E-state index contributed by atoms with van der Waals surface area (Å²) < 4.78 is 0. The number of urea groups is 1. The van der Waals surface area contributed by atoms with Gasteiger partial charge in [-0.1, -0.05) is 63.4 Å². The molecule has 1 aromatic rings. The van der Waals surface area contributed by atoms with Crippen LogP contribution in [-0.2, 0) is 20.8 Å². The Kier molecular flexibility index (Phi) is 17.2. The lowest BCUT2D eigenvalue weighted by Crippen LogP contribution is -2.51. The van der Waals surface area contributed by atoms with Crippen molar-refractivity contribution >= 4 is 48.1 Å². The molecule has 2 heterocycles. The van der Waals surface area contributed by atoms with Crippen LogP contribution < -0.4 is 26.6 Å². The molecule has 5 amide bonds. The largest absolute Gasteiger partial charge is 0.368 e. The molecule has 0 spiro atoms. The second kappa shape index (κ2) is 20.8. The Labute approximate surface area is 289 Å². The number of fused-ring (bicyclic) bond motifs is 1. The Morgan fingerprint density at radius 3 is 2.32 bits per heavy atom. The summed E-state index contributed by atoms with van der Waals surface area (Å²) in [4.78, 5) is 50.4. The number of thioether (sulfide) groups is 1. The molecular weight excluding hydrogens is 639 g/mol. The van der Waals surface area contributed by atoms with Crippen molar-refractivity contribution in [1.82, 2.24) is 26.6 Å². The maximum Gasteiger partial charge on any atom is 0.315 e. The Morgan fingerprint density at radius 2 is 1.66 bits per heavy atom. The monoisotopic (exact) mass is 693 g/mol. The number of aliphatic hydroxyl groups excluding tert-OH is 1. The maximum absolute atomic E-state index is 13.4. The zero-order valence-electron chi connectivity index (χ0n) is 27.8. The fourth-order valence-corrected chi connectivity index (χ4v) is 8.27. The predicted molar refractivity (Wildman–Crippen MR) is 189 cm³/mol. The van der Waals surface area contributed by atoms with Crippen molar-refractivity contribution in [2.75, 3.05) is 24.6 Å². The third kappa shape index (κ3) is 13.5. The van der Waals surface area contributed by atoms with Crippen molar-refractivity contribution in [1.29, 1.82) is 0 Å². The van der Waals surface area contributed by atoms with Gasteiger partial charge in [0.25, 0.3) is 0 Å². The lowest BCUT2D eigenvalue weighted by molar-refractivity contribution is -0.140. The van der Waals surface area contributed by atoms with E-state index in [1.807, 2.05) is 55.9 Å². The molecule has 3 rings (SSSR count). The SMILES string of the molecule is CC(C)C[C@@H](C(=O)N[C@@H](Cc1ccccc1)C(=O)NCCCCCCNC(=O)CCCCC1SCC2NC(=O)NC21)[C@H](CS)C(O)O. The smallest absolute Gasteiger partial charge is 0.315 e. The van der Waals surface area contributed by atoms with Crippen LogP contribution in [0.15, 0.2) is 30.3 Å². The van der Waals surface area contributed by atoms with Gasteiger partial charge in [0.05, 0.1) is 12.1 Å². The number of unbranched alkanes of at least 4 members (excludes halogenated alkanes) is 4. The normalized spacial score (nSPS) is 20.7. The van der Waals surface area contributed by atoms with Crippen LogP contribution in [0.25, 0.3) is 0 Å². The van der Waals surface area contributed by atoms with Gasteiger partial charge in [-0.25, -0.2) is 4.79 Å². The van der Waals surface area contributed by atoms with Crippen LogP contribution >= 0.6 is 24.4 Å². The molecule has 3 unspecified atom stereocenters. The van der Waals surface area contributed by atoms with E-state index in [0.717, 1.165) is 56.3 Å². The summed E-state index contributed by atoms with van der Waals surface area (Å²) >= 11 is 6.15. The lowest BCUT2D eigenvalue weighted by Gasteiger charge is -2.29. The van der Waals surface area contributed by atoms with Crippen molar-refractivity contribution in [3.63, 3.8) is 0 Å². The van der Waals surface area contributed by atoms with Crippen LogP contribution in [0, 0.1) is 17.8 Å². The van der Waals surface area contributed by atoms with Gasteiger partial charge in [-0.2, -0.15) is 24.4 Å². The summed E-state index contributed by atoms with van der Waals surface area (Å²) in [6.45, 7) is 5.03. The van der Waals surface area contributed by atoms with Crippen LogP contribution in [-0.4, -0.2) is 88.2 Å². The Bertz CT molecular complexity index is 1130. The number of rotatable bonds is 22. The molecule has 2 saturated heterocycles. The minimum atomic E-state index is -1.69. The summed E-state index contributed by atoms with van der Waals surface area (Å²) in [5.74, 6) is -0.827. The third-order valence-corrected chi connectivity index (χ3v) is 10.8. The topological polar surface area (TPSA) is 169 Å². The van der Waals surface area contributed by atoms with Crippen LogP contribution in [0.2, 0.25) is 0 Å². The van der Waals surface area contributed by atoms with Crippen LogP contribution in [0.1, 0.15) is 77.2 Å². The number of amides is 5. The van der Waals surface area contributed by atoms with Crippen LogP contribution in [0.3, 0.4) is 0 Å². The van der Waals surface area contributed by atoms with Gasteiger partial charge in [-0.05, 0) is 49.3 Å². The van der Waals surface area contributed by atoms with Gasteiger partial charge in [0.15, 0.2) is 6.29 Å². The molecular formula is C34H55N5O6S2. The van der Waals surface area contributed by atoms with Crippen molar-refractivity contribution in [3.05, 3.63) is 35.9 Å². The van der Waals surface area contributed by atoms with E-state index < -0.39 is 24.2 Å². The molecule has 11 nitrogen and oxygen atoms in total. The molecule has 0 bridgehead atoms. The van der Waals surface area contributed by atoms with E-state index in [0.29, 0.717) is 37.6 Å².